The van der Waals surface area contributed by atoms with Gasteiger partial charge in [-0.05, 0) is 12.0 Å². The van der Waals surface area contributed by atoms with Crippen molar-refractivity contribution >= 4 is 16.0 Å². The minimum absolute atomic E-state index is 0.0105. The molecule has 0 aliphatic rings. The van der Waals surface area contributed by atoms with Gasteiger partial charge in [0.15, 0.2) is 0 Å². The molecule has 0 aliphatic carbocycles. The minimum Gasteiger partial charge on any atom is -0.480 e. The molecule has 0 aromatic heterocycles. The van der Waals surface area contributed by atoms with Crippen LogP contribution in [0.4, 0.5) is 13.2 Å². The van der Waals surface area contributed by atoms with E-state index >= 15 is 0 Å². The van der Waals surface area contributed by atoms with Crippen molar-refractivity contribution < 1.29 is 31.5 Å². The van der Waals surface area contributed by atoms with E-state index in [1.807, 2.05) is 0 Å². The molecule has 0 spiro atoms. The van der Waals surface area contributed by atoms with Crippen LogP contribution >= 0.6 is 0 Å². The van der Waals surface area contributed by atoms with Gasteiger partial charge in [-0.15, -0.1) is 0 Å². The van der Waals surface area contributed by atoms with E-state index in [1.54, 1.807) is 30.3 Å². The van der Waals surface area contributed by atoms with Crippen molar-refractivity contribution in [3.63, 3.8) is 0 Å². The van der Waals surface area contributed by atoms with Crippen LogP contribution < -0.4 is 0 Å². The van der Waals surface area contributed by atoms with E-state index in [9.17, 15) is 26.4 Å². The average Bonchev–Trinajstić information content (AvgIpc) is 2.33. The number of rotatable bonds is 6. The summed E-state index contributed by atoms with van der Waals surface area (Å²) in [7, 11) is -5.65. The molecule has 1 rings (SSSR count). The maximum atomic E-state index is 12.4. The van der Waals surface area contributed by atoms with Crippen LogP contribution in [0.25, 0.3) is 0 Å². The lowest BCUT2D eigenvalue weighted by Gasteiger charge is -2.21. The Morgan fingerprint density at radius 3 is 2.20 bits per heavy atom. The monoisotopic (exact) mass is 311 g/mol. The predicted octanol–water partition coefficient (Wildman–Crippen LogP) is 1.47. The van der Waals surface area contributed by atoms with Gasteiger partial charge in [-0.3, -0.25) is 4.79 Å². The first kappa shape index (κ1) is 16.4. The van der Waals surface area contributed by atoms with Gasteiger partial charge >= 0.3 is 21.5 Å². The highest BCUT2D eigenvalue weighted by molar-refractivity contribution is 7.90. The number of halogens is 3. The molecule has 1 aromatic carbocycles. The molecule has 20 heavy (non-hydrogen) atoms. The molecule has 0 radical (unpaired) electrons. The van der Waals surface area contributed by atoms with Crippen molar-refractivity contribution in [2.75, 3.05) is 13.1 Å². The molecular formula is C11H12F3NO4S. The van der Waals surface area contributed by atoms with Gasteiger partial charge in [0.25, 0.3) is 0 Å². The Bertz CT molecular complexity index is 557. The average molecular weight is 311 g/mol. The van der Waals surface area contributed by atoms with Crippen LogP contribution in [0.15, 0.2) is 30.3 Å². The van der Waals surface area contributed by atoms with Crippen LogP contribution in [0.1, 0.15) is 5.56 Å². The molecule has 0 fully saturated rings. The highest BCUT2D eigenvalue weighted by atomic mass is 32.2. The highest BCUT2D eigenvalue weighted by Gasteiger charge is 2.50. The summed E-state index contributed by atoms with van der Waals surface area (Å²) in [6.07, 6.45) is -0.0105. The normalized spacial score (nSPS) is 12.6. The van der Waals surface area contributed by atoms with E-state index < -0.39 is 34.6 Å². The Hall–Kier alpha value is -1.61. The lowest BCUT2D eigenvalue weighted by molar-refractivity contribution is -0.137. The number of alkyl halides is 3. The summed E-state index contributed by atoms with van der Waals surface area (Å²) in [5, 5.41) is 8.54. The fraction of sp³-hybridized carbons (Fsp3) is 0.364. The number of aliphatic carboxylic acids is 1. The standard InChI is InChI=1S/C11H12F3NO4S/c12-11(13,14)20(18,19)15(8-10(16)17)7-6-9-4-2-1-3-5-9/h1-5H,6-8H2,(H,16,17). The zero-order chi connectivity index (χ0) is 15.4. The first-order chi connectivity index (χ1) is 9.14. The molecule has 0 amide bonds. The molecule has 5 nitrogen and oxygen atoms in total. The molecule has 0 heterocycles. The third-order valence-electron chi connectivity index (χ3n) is 2.44. The van der Waals surface area contributed by atoms with Crippen molar-refractivity contribution in [1.82, 2.24) is 4.31 Å². The Kier molecular flexibility index (Phi) is 5.12. The maximum Gasteiger partial charge on any atom is 0.511 e. The van der Waals surface area contributed by atoms with Gasteiger partial charge in [0, 0.05) is 6.54 Å². The van der Waals surface area contributed by atoms with E-state index in [0.717, 1.165) is 0 Å². The van der Waals surface area contributed by atoms with Crippen LogP contribution in [-0.2, 0) is 21.2 Å². The summed E-state index contributed by atoms with van der Waals surface area (Å²) in [5.41, 5.74) is -4.90. The van der Waals surface area contributed by atoms with Crippen molar-refractivity contribution in [2.45, 2.75) is 11.9 Å². The van der Waals surface area contributed by atoms with E-state index in [4.69, 9.17) is 5.11 Å². The van der Waals surface area contributed by atoms with E-state index in [0.29, 0.717) is 5.56 Å². The van der Waals surface area contributed by atoms with Gasteiger partial charge in [0.1, 0.15) is 6.54 Å². The number of hydrogen-bond acceptors (Lipinski definition) is 3. The zero-order valence-corrected chi connectivity index (χ0v) is 11.0. The molecule has 0 aliphatic heterocycles. The van der Waals surface area contributed by atoms with Gasteiger partial charge in [0.05, 0.1) is 0 Å². The van der Waals surface area contributed by atoms with Gasteiger partial charge in [-0.1, -0.05) is 30.3 Å². The number of benzene rings is 1. The summed E-state index contributed by atoms with van der Waals surface area (Å²) in [5.74, 6) is -1.65. The summed E-state index contributed by atoms with van der Waals surface area (Å²) in [4.78, 5) is 10.5. The Labute approximate surface area is 113 Å². The van der Waals surface area contributed by atoms with Crippen LogP contribution in [0.5, 0.6) is 0 Å². The van der Waals surface area contributed by atoms with Crippen molar-refractivity contribution in [1.29, 1.82) is 0 Å². The Morgan fingerprint density at radius 2 is 1.75 bits per heavy atom. The molecule has 9 heteroatoms. The first-order valence-electron chi connectivity index (χ1n) is 5.46. The summed E-state index contributed by atoms with van der Waals surface area (Å²) >= 11 is 0. The van der Waals surface area contributed by atoms with E-state index in [2.05, 4.69) is 0 Å². The second-order valence-electron chi connectivity index (χ2n) is 3.91. The predicted molar refractivity (Wildman–Crippen MR) is 64.3 cm³/mol. The number of nitrogens with zero attached hydrogens (tertiary/aromatic N) is 1. The fourth-order valence-corrected chi connectivity index (χ4v) is 2.38. The molecule has 112 valence electrons. The largest absolute Gasteiger partial charge is 0.511 e. The molecule has 1 aromatic rings. The molecule has 0 saturated carbocycles. The number of carboxylic acids is 1. The summed E-state index contributed by atoms with van der Waals surface area (Å²) in [6, 6.07) is 8.22. The lowest BCUT2D eigenvalue weighted by Crippen LogP contribution is -2.44. The first-order valence-corrected chi connectivity index (χ1v) is 6.91. The van der Waals surface area contributed by atoms with Crippen molar-refractivity contribution in [2.24, 2.45) is 0 Å². The Morgan fingerprint density at radius 1 is 1.20 bits per heavy atom. The van der Waals surface area contributed by atoms with Gasteiger partial charge in [-0.2, -0.15) is 17.5 Å². The van der Waals surface area contributed by atoms with Crippen LogP contribution in [0.3, 0.4) is 0 Å². The molecule has 1 N–H and O–H groups in total. The molecule has 0 bridgehead atoms. The third-order valence-corrected chi connectivity index (χ3v) is 4.01. The topological polar surface area (TPSA) is 74.7 Å². The molecule has 0 saturated heterocycles. The minimum atomic E-state index is -5.65. The van der Waals surface area contributed by atoms with E-state index in [-0.39, 0.29) is 10.7 Å². The van der Waals surface area contributed by atoms with Crippen LogP contribution in [0, 0.1) is 0 Å². The number of carbonyl (C=O) groups is 1. The van der Waals surface area contributed by atoms with Crippen molar-refractivity contribution in [3.05, 3.63) is 35.9 Å². The number of carboxylic acid groups (broad SMARTS) is 1. The fourth-order valence-electron chi connectivity index (χ4n) is 1.48. The zero-order valence-electron chi connectivity index (χ0n) is 10.2. The summed E-state index contributed by atoms with van der Waals surface area (Å²) < 4.78 is 59.7. The second kappa shape index (κ2) is 6.23. The van der Waals surface area contributed by atoms with Crippen LogP contribution in [0.2, 0.25) is 0 Å². The quantitative estimate of drug-likeness (QED) is 0.863. The SMILES string of the molecule is O=C(O)CN(CCc1ccccc1)S(=O)(=O)C(F)(F)F. The van der Waals surface area contributed by atoms with Gasteiger partial charge in [-0.25, -0.2) is 8.42 Å². The lowest BCUT2D eigenvalue weighted by atomic mass is 10.1. The number of hydrogen-bond donors (Lipinski definition) is 1. The maximum absolute atomic E-state index is 12.4. The molecule has 0 atom stereocenters. The Balaban J connectivity index is 2.89. The number of sulfonamides is 1. The van der Waals surface area contributed by atoms with E-state index in [1.165, 1.54) is 0 Å². The van der Waals surface area contributed by atoms with Gasteiger partial charge < -0.3 is 5.11 Å². The smallest absolute Gasteiger partial charge is 0.480 e. The second-order valence-corrected chi connectivity index (χ2v) is 5.84. The molecular weight excluding hydrogens is 299 g/mol. The summed E-state index contributed by atoms with van der Waals surface area (Å²) in [6.45, 7) is -1.78. The molecule has 0 unspecified atom stereocenters. The highest BCUT2D eigenvalue weighted by Crippen LogP contribution is 2.26. The van der Waals surface area contributed by atoms with Crippen molar-refractivity contribution in [3.8, 4) is 0 Å². The van der Waals surface area contributed by atoms with Crippen LogP contribution in [-0.4, -0.2) is 42.4 Å². The third kappa shape index (κ3) is 4.20. The van der Waals surface area contributed by atoms with Gasteiger partial charge in [0.2, 0.25) is 0 Å².